The minimum absolute atomic E-state index is 0.186. The van der Waals surface area contributed by atoms with E-state index in [0.717, 1.165) is 14.7 Å². The van der Waals surface area contributed by atoms with Gasteiger partial charge in [-0.3, -0.25) is 9.36 Å². The number of ether oxygens (including phenoxy) is 5. The summed E-state index contributed by atoms with van der Waals surface area (Å²) in [6.45, 7) is 6.37. The van der Waals surface area contributed by atoms with Gasteiger partial charge in [0.1, 0.15) is 6.61 Å². The van der Waals surface area contributed by atoms with E-state index in [1.807, 2.05) is 55.5 Å². The van der Waals surface area contributed by atoms with Crippen LogP contribution in [0, 0.1) is 3.57 Å². The molecule has 3 aromatic carbocycles. The van der Waals surface area contributed by atoms with Crippen LogP contribution in [0.15, 0.2) is 81.7 Å². The van der Waals surface area contributed by atoms with Crippen molar-refractivity contribution >= 4 is 46.0 Å². The Balaban J connectivity index is 1.61. The molecule has 5 rings (SSSR count). The number of carbonyl (C=O) groups is 1. The first-order valence-electron chi connectivity index (χ1n) is 14.3. The van der Waals surface area contributed by atoms with Crippen molar-refractivity contribution in [2.75, 3.05) is 27.4 Å². The van der Waals surface area contributed by atoms with Crippen LogP contribution in [-0.2, 0) is 16.1 Å². The van der Waals surface area contributed by atoms with E-state index in [1.165, 1.54) is 11.3 Å². The van der Waals surface area contributed by atoms with E-state index < -0.39 is 12.0 Å². The lowest BCUT2D eigenvalue weighted by atomic mass is 9.95. The highest BCUT2D eigenvalue weighted by Crippen LogP contribution is 2.37. The van der Waals surface area contributed by atoms with Crippen LogP contribution in [-0.4, -0.2) is 38.0 Å². The molecule has 0 spiro atoms. The van der Waals surface area contributed by atoms with E-state index in [4.69, 9.17) is 23.7 Å². The average Bonchev–Trinajstić information content (AvgIpc) is 3.33. The van der Waals surface area contributed by atoms with E-state index in [-0.39, 0.29) is 12.2 Å². The molecule has 9 nitrogen and oxygen atoms in total. The normalized spacial score (nSPS) is 14.4. The van der Waals surface area contributed by atoms with Gasteiger partial charge in [-0.1, -0.05) is 47.7 Å². The highest BCUT2D eigenvalue weighted by atomic mass is 127. The molecule has 0 unspecified atom stereocenters. The van der Waals surface area contributed by atoms with Crippen molar-refractivity contribution in [1.29, 1.82) is 0 Å². The van der Waals surface area contributed by atoms with Crippen molar-refractivity contribution in [1.82, 2.24) is 4.57 Å². The number of benzene rings is 3. The van der Waals surface area contributed by atoms with Gasteiger partial charge >= 0.3 is 5.97 Å². The summed E-state index contributed by atoms with van der Waals surface area (Å²) in [6.07, 6.45) is 1.80. The molecule has 1 aliphatic heterocycles. The molecular weight excluding hydrogens is 707 g/mol. The fourth-order valence-electron chi connectivity index (χ4n) is 5.08. The first-order chi connectivity index (χ1) is 21.8. The van der Waals surface area contributed by atoms with Gasteiger partial charge in [0.25, 0.3) is 5.56 Å². The average molecular weight is 741 g/mol. The second-order valence-electron chi connectivity index (χ2n) is 9.95. The van der Waals surface area contributed by atoms with Crippen LogP contribution in [0.5, 0.6) is 23.0 Å². The minimum Gasteiger partial charge on any atom is -0.493 e. The fourth-order valence-corrected chi connectivity index (χ4v) is 6.91. The second kappa shape index (κ2) is 14.3. The van der Waals surface area contributed by atoms with Crippen molar-refractivity contribution < 1.29 is 28.5 Å². The third kappa shape index (κ3) is 6.79. The van der Waals surface area contributed by atoms with Gasteiger partial charge in [0, 0.05) is 0 Å². The highest BCUT2D eigenvalue weighted by molar-refractivity contribution is 14.1. The van der Waals surface area contributed by atoms with Crippen LogP contribution in [0.4, 0.5) is 0 Å². The lowest BCUT2D eigenvalue weighted by Gasteiger charge is -2.25. The Kier molecular flexibility index (Phi) is 10.3. The number of carbonyl (C=O) groups excluding carboxylic acids is 1. The Morgan fingerprint density at radius 2 is 1.73 bits per heavy atom. The molecule has 2 heterocycles. The molecule has 11 heteroatoms. The Hall–Kier alpha value is -4.10. The van der Waals surface area contributed by atoms with E-state index in [0.29, 0.717) is 62.4 Å². The topological polar surface area (TPSA) is 97.6 Å². The lowest BCUT2D eigenvalue weighted by molar-refractivity contribution is -0.139. The maximum absolute atomic E-state index is 14.1. The molecule has 0 aliphatic carbocycles. The number of fused-ring (bicyclic) bond motifs is 1. The zero-order valence-electron chi connectivity index (χ0n) is 25.6. The van der Waals surface area contributed by atoms with E-state index in [9.17, 15) is 9.59 Å². The van der Waals surface area contributed by atoms with E-state index in [2.05, 4.69) is 27.6 Å². The molecule has 0 fully saturated rings. The summed E-state index contributed by atoms with van der Waals surface area (Å²) >= 11 is 3.46. The number of methoxy groups -OCH3 is 2. The molecule has 0 amide bonds. The molecule has 1 aliphatic rings. The van der Waals surface area contributed by atoms with Crippen molar-refractivity contribution in [2.24, 2.45) is 4.99 Å². The van der Waals surface area contributed by atoms with Gasteiger partial charge in [0.05, 0.1) is 52.8 Å². The highest BCUT2D eigenvalue weighted by Gasteiger charge is 2.34. The van der Waals surface area contributed by atoms with Gasteiger partial charge in [-0.05, 0) is 90.4 Å². The first-order valence-corrected chi connectivity index (χ1v) is 16.2. The Morgan fingerprint density at radius 3 is 2.42 bits per heavy atom. The van der Waals surface area contributed by atoms with Gasteiger partial charge in [0.2, 0.25) is 0 Å². The van der Waals surface area contributed by atoms with E-state index >= 15 is 0 Å². The minimum atomic E-state index is -0.781. The van der Waals surface area contributed by atoms with Crippen LogP contribution in [0.2, 0.25) is 0 Å². The van der Waals surface area contributed by atoms with Crippen LogP contribution in [0.1, 0.15) is 43.5 Å². The van der Waals surface area contributed by atoms with Gasteiger partial charge in [-0.15, -0.1) is 0 Å². The number of allylic oxidation sites excluding steroid dienone is 1. The quantitative estimate of drug-likeness (QED) is 0.150. The fraction of sp³-hybridized carbons (Fsp3) is 0.265. The third-order valence-electron chi connectivity index (χ3n) is 7.10. The Bertz CT molecular complexity index is 1930. The van der Waals surface area contributed by atoms with Crippen molar-refractivity contribution in [3.63, 3.8) is 0 Å². The summed E-state index contributed by atoms with van der Waals surface area (Å²) in [7, 11) is 3.15. The predicted octanol–water partition coefficient (Wildman–Crippen LogP) is 5.40. The number of rotatable bonds is 11. The molecular formula is C34H33IN2O7S. The summed E-state index contributed by atoms with van der Waals surface area (Å²) in [6, 6.07) is 18.3. The van der Waals surface area contributed by atoms with Gasteiger partial charge in [0.15, 0.2) is 27.8 Å². The Morgan fingerprint density at radius 1 is 0.978 bits per heavy atom. The predicted molar refractivity (Wildman–Crippen MR) is 181 cm³/mol. The second-order valence-corrected chi connectivity index (χ2v) is 12.1. The SMILES string of the molecule is CCOC(=O)C1=C(C)N=c2s/c(=C\c3cc(I)c(OCc4ccccc4)c(OC)c3)c(=O)n2[C@@H]1c1ccc(OC)c(OCC)c1. The number of hydrogen-bond donors (Lipinski definition) is 0. The van der Waals surface area contributed by atoms with Crippen molar-refractivity contribution in [3.05, 3.63) is 112 Å². The molecule has 1 atom stereocenters. The maximum atomic E-state index is 14.1. The molecule has 234 valence electrons. The van der Waals surface area contributed by atoms with Gasteiger partial charge in [-0.2, -0.15) is 0 Å². The van der Waals surface area contributed by atoms with Gasteiger partial charge < -0.3 is 23.7 Å². The molecule has 0 saturated carbocycles. The lowest BCUT2D eigenvalue weighted by Crippen LogP contribution is -2.40. The van der Waals surface area contributed by atoms with Crippen molar-refractivity contribution in [2.45, 2.75) is 33.4 Å². The van der Waals surface area contributed by atoms with Crippen LogP contribution >= 0.6 is 33.9 Å². The standard InChI is InChI=1S/C34H33IN2O7S/c1-6-42-26-18-23(13-14-25(26)40-4)30-29(33(39)43-7-2)20(3)36-34-37(30)32(38)28(45-34)17-22-15-24(35)31(27(16-22)41-5)44-19-21-11-9-8-10-12-21/h8-18,30H,6-7,19H2,1-5H3/b28-17-/t30-/m1/s1. The van der Waals surface area contributed by atoms with Crippen LogP contribution in [0.3, 0.4) is 0 Å². The summed E-state index contributed by atoms with van der Waals surface area (Å²) in [4.78, 5) is 32.6. The molecule has 4 aromatic rings. The number of aromatic nitrogens is 1. The van der Waals surface area contributed by atoms with Crippen LogP contribution in [0.25, 0.3) is 6.08 Å². The molecule has 0 saturated heterocycles. The van der Waals surface area contributed by atoms with Gasteiger partial charge in [-0.25, -0.2) is 9.79 Å². The Labute approximate surface area is 278 Å². The third-order valence-corrected chi connectivity index (χ3v) is 8.88. The van der Waals surface area contributed by atoms with E-state index in [1.54, 1.807) is 50.8 Å². The summed E-state index contributed by atoms with van der Waals surface area (Å²) < 4.78 is 31.4. The monoisotopic (exact) mass is 740 g/mol. The largest absolute Gasteiger partial charge is 0.493 e. The number of esters is 1. The zero-order chi connectivity index (χ0) is 32.1. The number of halogens is 1. The molecule has 0 radical (unpaired) electrons. The van der Waals surface area contributed by atoms with Crippen LogP contribution < -0.4 is 33.8 Å². The van der Waals surface area contributed by atoms with Crippen molar-refractivity contribution in [3.8, 4) is 23.0 Å². The number of nitrogens with zero attached hydrogens (tertiary/aromatic N) is 2. The summed E-state index contributed by atoms with van der Waals surface area (Å²) in [5.41, 5.74) is 2.95. The number of hydrogen-bond acceptors (Lipinski definition) is 9. The first kappa shape index (κ1) is 32.3. The smallest absolute Gasteiger partial charge is 0.338 e. The zero-order valence-corrected chi connectivity index (χ0v) is 28.6. The maximum Gasteiger partial charge on any atom is 0.338 e. The molecule has 1 aromatic heterocycles. The summed E-state index contributed by atoms with van der Waals surface area (Å²) in [5.74, 6) is 1.70. The molecule has 0 N–H and O–H groups in total. The molecule has 0 bridgehead atoms. The molecule has 45 heavy (non-hydrogen) atoms. The number of thiazole rings is 1. The summed E-state index contributed by atoms with van der Waals surface area (Å²) in [5, 5.41) is 0.